The second kappa shape index (κ2) is 5.24. The van der Waals surface area contributed by atoms with Crippen LogP contribution in [0, 0.1) is 11.8 Å². The van der Waals surface area contributed by atoms with Crippen molar-refractivity contribution in [1.82, 2.24) is 10.6 Å². The zero-order valence-electron chi connectivity index (χ0n) is 10.4. The predicted molar refractivity (Wildman–Crippen MR) is 63.9 cm³/mol. The fourth-order valence-corrected chi connectivity index (χ4v) is 3.11. The van der Waals surface area contributed by atoms with Crippen LogP contribution in [-0.2, 0) is 9.59 Å². The average Bonchev–Trinajstić information content (AvgIpc) is 2.85. The molecule has 0 aromatic heterocycles. The van der Waals surface area contributed by atoms with Gasteiger partial charge in [0.05, 0.1) is 12.1 Å². The molecule has 102 valence electrons. The number of aliphatic carboxylic acids is 1. The first-order chi connectivity index (χ1) is 8.50. The number of carbonyl (C=O) groups is 2. The van der Waals surface area contributed by atoms with E-state index in [1.165, 1.54) is 6.92 Å². The Morgan fingerprint density at radius 3 is 2.72 bits per heavy atom. The van der Waals surface area contributed by atoms with Crippen LogP contribution >= 0.6 is 0 Å². The van der Waals surface area contributed by atoms with Gasteiger partial charge in [-0.25, -0.2) is 4.79 Å². The minimum Gasteiger partial charge on any atom is -0.480 e. The van der Waals surface area contributed by atoms with Gasteiger partial charge < -0.3 is 20.8 Å². The van der Waals surface area contributed by atoms with Crippen LogP contribution in [0.2, 0.25) is 0 Å². The first-order valence-corrected chi connectivity index (χ1v) is 6.45. The quantitative estimate of drug-likeness (QED) is 0.534. The molecule has 2 rings (SSSR count). The summed E-state index contributed by atoms with van der Waals surface area (Å²) in [7, 11) is 0. The van der Waals surface area contributed by atoms with Gasteiger partial charge in [-0.15, -0.1) is 0 Å². The van der Waals surface area contributed by atoms with Gasteiger partial charge in [0.2, 0.25) is 5.91 Å². The number of aliphatic hydroxyl groups is 1. The Hall–Kier alpha value is -1.14. The number of carboxylic acid groups (broad SMARTS) is 1. The lowest BCUT2D eigenvalue weighted by atomic mass is 9.93. The molecule has 6 heteroatoms. The molecule has 4 N–H and O–H groups in total. The Morgan fingerprint density at radius 2 is 2.11 bits per heavy atom. The molecule has 0 aromatic rings. The van der Waals surface area contributed by atoms with Crippen molar-refractivity contribution in [2.45, 2.75) is 44.4 Å². The number of carbonyl (C=O) groups excluding carboxylic acids is 1. The molecule has 3 unspecified atom stereocenters. The zero-order chi connectivity index (χ0) is 13.3. The maximum absolute atomic E-state index is 12.1. The number of hydrogen-bond donors (Lipinski definition) is 4. The second-order valence-electron chi connectivity index (χ2n) is 5.31. The summed E-state index contributed by atoms with van der Waals surface area (Å²) in [5.41, 5.74) is 0. The van der Waals surface area contributed by atoms with Crippen LogP contribution in [0.5, 0.6) is 0 Å². The Kier molecular flexibility index (Phi) is 3.87. The molecule has 6 nitrogen and oxygen atoms in total. The Balaban J connectivity index is 1.97. The van der Waals surface area contributed by atoms with Gasteiger partial charge in [-0.2, -0.15) is 0 Å². The minimum absolute atomic E-state index is 0.307. The molecule has 5 atom stereocenters. The molecule has 1 heterocycles. The van der Waals surface area contributed by atoms with Crippen molar-refractivity contribution in [2.24, 2.45) is 11.8 Å². The van der Waals surface area contributed by atoms with Gasteiger partial charge in [0.15, 0.2) is 6.04 Å². The normalized spacial score (nSPS) is 33.8. The molecule has 2 aliphatic rings. The van der Waals surface area contributed by atoms with Gasteiger partial charge in [0, 0.05) is 0 Å². The summed E-state index contributed by atoms with van der Waals surface area (Å²) in [5, 5.41) is 23.8. The number of hydrogen-bond acceptors (Lipinski definition) is 4. The molecular weight excluding hydrogens is 236 g/mol. The molecule has 1 saturated heterocycles. The van der Waals surface area contributed by atoms with Crippen molar-refractivity contribution in [2.75, 3.05) is 6.54 Å². The summed E-state index contributed by atoms with van der Waals surface area (Å²) < 4.78 is 0. The zero-order valence-corrected chi connectivity index (χ0v) is 10.4. The van der Waals surface area contributed by atoms with Crippen molar-refractivity contribution in [3.05, 3.63) is 0 Å². The molecule has 1 aliphatic carbocycles. The van der Waals surface area contributed by atoms with E-state index < -0.39 is 18.1 Å². The fourth-order valence-electron chi connectivity index (χ4n) is 3.11. The third-order valence-corrected chi connectivity index (χ3v) is 4.07. The Morgan fingerprint density at radius 1 is 1.39 bits per heavy atom. The molecule has 1 saturated carbocycles. The van der Waals surface area contributed by atoms with Crippen molar-refractivity contribution in [3.8, 4) is 0 Å². The topological polar surface area (TPSA) is 98.7 Å². The smallest absolute Gasteiger partial charge is 0.328 e. The standard InChI is InChI=1S/C12H20N2O4/c1-6(15)9(12(17)18)14-11(16)10-8-4-2-3-7(8)5-13-10/h6-10,13,15H,2-5H2,1H3,(H,14,16)(H,17,18)/t6-,7?,8?,9+,10?/m1/s1. The van der Waals surface area contributed by atoms with E-state index in [9.17, 15) is 14.7 Å². The highest BCUT2D eigenvalue weighted by Crippen LogP contribution is 2.37. The van der Waals surface area contributed by atoms with Crippen LogP contribution in [0.15, 0.2) is 0 Å². The maximum Gasteiger partial charge on any atom is 0.328 e. The van der Waals surface area contributed by atoms with Gasteiger partial charge in [-0.3, -0.25) is 4.79 Å². The first-order valence-electron chi connectivity index (χ1n) is 6.45. The SMILES string of the molecule is C[C@@H](O)[C@H](NC(=O)C1NCC2CCCC21)C(=O)O. The summed E-state index contributed by atoms with van der Waals surface area (Å²) in [4.78, 5) is 23.0. The van der Waals surface area contributed by atoms with Gasteiger partial charge in [-0.1, -0.05) is 6.42 Å². The molecule has 0 spiro atoms. The van der Waals surface area contributed by atoms with Crippen LogP contribution < -0.4 is 10.6 Å². The molecule has 1 aliphatic heterocycles. The van der Waals surface area contributed by atoms with Gasteiger partial charge in [0.25, 0.3) is 0 Å². The summed E-state index contributed by atoms with van der Waals surface area (Å²) in [5.74, 6) is -0.666. The maximum atomic E-state index is 12.1. The number of fused-ring (bicyclic) bond motifs is 1. The van der Waals surface area contributed by atoms with Crippen molar-refractivity contribution >= 4 is 11.9 Å². The van der Waals surface area contributed by atoms with Crippen LogP contribution in [0.1, 0.15) is 26.2 Å². The fraction of sp³-hybridized carbons (Fsp3) is 0.833. The van der Waals surface area contributed by atoms with E-state index in [4.69, 9.17) is 5.11 Å². The Bertz CT molecular complexity index is 345. The monoisotopic (exact) mass is 256 g/mol. The highest BCUT2D eigenvalue weighted by atomic mass is 16.4. The third kappa shape index (κ3) is 2.49. The summed E-state index contributed by atoms with van der Waals surface area (Å²) >= 11 is 0. The van der Waals surface area contributed by atoms with Crippen molar-refractivity contribution in [1.29, 1.82) is 0 Å². The second-order valence-corrected chi connectivity index (χ2v) is 5.31. The highest BCUT2D eigenvalue weighted by Gasteiger charge is 2.43. The van der Waals surface area contributed by atoms with Crippen molar-refractivity contribution in [3.63, 3.8) is 0 Å². The molecular formula is C12H20N2O4. The molecule has 18 heavy (non-hydrogen) atoms. The number of rotatable bonds is 4. The number of nitrogens with one attached hydrogen (secondary N) is 2. The lowest BCUT2D eigenvalue weighted by Crippen LogP contribution is -2.53. The van der Waals surface area contributed by atoms with E-state index in [1.54, 1.807) is 0 Å². The van der Waals surface area contributed by atoms with E-state index in [-0.39, 0.29) is 11.9 Å². The summed E-state index contributed by atoms with van der Waals surface area (Å²) in [6, 6.07) is -1.54. The van der Waals surface area contributed by atoms with Crippen LogP contribution in [0.3, 0.4) is 0 Å². The van der Waals surface area contributed by atoms with Gasteiger partial charge in [0.1, 0.15) is 0 Å². The van der Waals surface area contributed by atoms with E-state index >= 15 is 0 Å². The largest absolute Gasteiger partial charge is 0.480 e. The van der Waals surface area contributed by atoms with Gasteiger partial charge in [-0.05, 0) is 38.1 Å². The lowest BCUT2D eigenvalue weighted by molar-refractivity contribution is -0.145. The van der Waals surface area contributed by atoms with Crippen LogP contribution in [0.4, 0.5) is 0 Å². The van der Waals surface area contributed by atoms with E-state index in [0.717, 1.165) is 25.8 Å². The first kappa shape index (κ1) is 13.3. The molecule has 0 aromatic carbocycles. The number of carboxylic acids is 1. The number of aliphatic hydroxyl groups excluding tert-OH is 1. The average molecular weight is 256 g/mol. The van der Waals surface area contributed by atoms with Crippen molar-refractivity contribution < 1.29 is 19.8 Å². The van der Waals surface area contributed by atoms with E-state index in [0.29, 0.717) is 11.8 Å². The number of amides is 1. The highest BCUT2D eigenvalue weighted by molar-refractivity contribution is 5.87. The van der Waals surface area contributed by atoms with Gasteiger partial charge >= 0.3 is 5.97 Å². The summed E-state index contributed by atoms with van der Waals surface area (Å²) in [6.45, 7) is 2.19. The van der Waals surface area contributed by atoms with Crippen LogP contribution in [-0.4, -0.2) is 46.8 Å². The molecule has 2 fully saturated rings. The third-order valence-electron chi connectivity index (χ3n) is 4.07. The predicted octanol–water partition coefficient (Wildman–Crippen LogP) is -0.675. The summed E-state index contributed by atoms with van der Waals surface area (Å²) in [6.07, 6.45) is 2.19. The Labute approximate surface area is 106 Å². The molecule has 1 amide bonds. The van der Waals surface area contributed by atoms with E-state index in [2.05, 4.69) is 10.6 Å². The van der Waals surface area contributed by atoms with E-state index in [1.807, 2.05) is 0 Å². The lowest BCUT2D eigenvalue weighted by Gasteiger charge is -2.22. The molecule has 0 radical (unpaired) electrons. The minimum atomic E-state index is -1.24. The molecule has 0 bridgehead atoms. The van der Waals surface area contributed by atoms with Crippen LogP contribution in [0.25, 0.3) is 0 Å².